The Bertz CT molecular complexity index is 469. The molecule has 2 atom stereocenters. The SMILES string of the molecule is CC(O)CN1C(=O)CC(C)(c2ccccc2)C1=O. The molecule has 0 aliphatic carbocycles. The van der Waals surface area contributed by atoms with Crippen LogP contribution in [0.5, 0.6) is 0 Å². The van der Waals surface area contributed by atoms with Gasteiger partial charge in [0.25, 0.3) is 0 Å². The Labute approximate surface area is 106 Å². The van der Waals surface area contributed by atoms with Gasteiger partial charge in [0.2, 0.25) is 11.8 Å². The molecular weight excluding hydrogens is 230 g/mol. The Morgan fingerprint density at radius 3 is 2.50 bits per heavy atom. The summed E-state index contributed by atoms with van der Waals surface area (Å²) in [6.45, 7) is 3.42. The summed E-state index contributed by atoms with van der Waals surface area (Å²) in [7, 11) is 0. The standard InChI is InChI=1S/C14H17NO3/c1-10(16)9-15-12(17)8-14(2,13(15)18)11-6-4-3-5-7-11/h3-7,10,16H,8-9H2,1-2H3. The highest BCUT2D eigenvalue weighted by Crippen LogP contribution is 2.36. The molecule has 1 N–H and O–H groups in total. The van der Waals surface area contributed by atoms with Gasteiger partial charge in [-0.15, -0.1) is 0 Å². The molecule has 0 bridgehead atoms. The summed E-state index contributed by atoms with van der Waals surface area (Å²) in [6, 6.07) is 9.31. The number of likely N-dealkylation sites (tertiary alicyclic amines) is 1. The minimum Gasteiger partial charge on any atom is -0.392 e. The van der Waals surface area contributed by atoms with Gasteiger partial charge >= 0.3 is 0 Å². The molecule has 0 aromatic heterocycles. The van der Waals surface area contributed by atoms with Gasteiger partial charge in [0.1, 0.15) is 0 Å². The summed E-state index contributed by atoms with van der Waals surface area (Å²) in [5, 5.41) is 9.34. The molecule has 4 heteroatoms. The van der Waals surface area contributed by atoms with E-state index in [2.05, 4.69) is 0 Å². The summed E-state index contributed by atoms with van der Waals surface area (Å²) in [5.41, 5.74) is 0.0455. The van der Waals surface area contributed by atoms with Crippen molar-refractivity contribution in [2.24, 2.45) is 0 Å². The molecule has 4 nitrogen and oxygen atoms in total. The van der Waals surface area contributed by atoms with Gasteiger partial charge in [-0.1, -0.05) is 30.3 Å². The fraction of sp³-hybridized carbons (Fsp3) is 0.429. The van der Waals surface area contributed by atoms with Crippen molar-refractivity contribution in [3.63, 3.8) is 0 Å². The van der Waals surface area contributed by atoms with E-state index in [0.29, 0.717) is 0 Å². The number of amides is 2. The summed E-state index contributed by atoms with van der Waals surface area (Å²) in [5.74, 6) is -0.438. The number of aliphatic hydroxyl groups is 1. The number of carbonyl (C=O) groups is 2. The number of nitrogens with zero attached hydrogens (tertiary/aromatic N) is 1. The highest BCUT2D eigenvalue weighted by molar-refractivity contribution is 6.08. The quantitative estimate of drug-likeness (QED) is 0.813. The van der Waals surface area contributed by atoms with Crippen LogP contribution >= 0.6 is 0 Å². The monoisotopic (exact) mass is 247 g/mol. The fourth-order valence-electron chi connectivity index (χ4n) is 2.37. The van der Waals surface area contributed by atoms with E-state index in [0.717, 1.165) is 10.5 Å². The van der Waals surface area contributed by atoms with E-state index in [1.54, 1.807) is 13.8 Å². The minimum absolute atomic E-state index is 0.0695. The van der Waals surface area contributed by atoms with Gasteiger partial charge in [0.05, 0.1) is 18.1 Å². The lowest BCUT2D eigenvalue weighted by Gasteiger charge is -2.23. The lowest BCUT2D eigenvalue weighted by Crippen LogP contribution is -2.40. The van der Waals surface area contributed by atoms with Crippen molar-refractivity contribution in [3.8, 4) is 0 Å². The average Bonchev–Trinajstić information content (AvgIpc) is 2.55. The van der Waals surface area contributed by atoms with Crippen LogP contribution in [0.4, 0.5) is 0 Å². The lowest BCUT2D eigenvalue weighted by atomic mass is 9.81. The van der Waals surface area contributed by atoms with Crippen LogP contribution in [0, 0.1) is 0 Å². The van der Waals surface area contributed by atoms with Gasteiger partial charge in [-0.25, -0.2) is 0 Å². The van der Waals surface area contributed by atoms with Crippen molar-refractivity contribution in [3.05, 3.63) is 35.9 Å². The molecule has 0 saturated carbocycles. The van der Waals surface area contributed by atoms with Gasteiger partial charge in [0, 0.05) is 6.42 Å². The van der Waals surface area contributed by atoms with Crippen molar-refractivity contribution in [1.29, 1.82) is 0 Å². The van der Waals surface area contributed by atoms with Gasteiger partial charge in [-0.2, -0.15) is 0 Å². The molecule has 2 rings (SSSR count). The molecule has 1 aromatic carbocycles. The topological polar surface area (TPSA) is 57.6 Å². The zero-order valence-corrected chi connectivity index (χ0v) is 10.6. The molecule has 1 aromatic rings. The van der Waals surface area contributed by atoms with E-state index >= 15 is 0 Å². The number of hydrogen-bond acceptors (Lipinski definition) is 3. The van der Waals surface area contributed by atoms with Crippen LogP contribution in [-0.4, -0.2) is 34.5 Å². The van der Waals surface area contributed by atoms with Crippen LogP contribution in [-0.2, 0) is 15.0 Å². The van der Waals surface area contributed by atoms with Gasteiger partial charge in [0.15, 0.2) is 0 Å². The molecule has 1 saturated heterocycles. The Balaban J connectivity index is 2.32. The van der Waals surface area contributed by atoms with Crippen molar-refractivity contribution in [2.45, 2.75) is 31.8 Å². The summed E-state index contributed by atoms with van der Waals surface area (Å²) in [6.07, 6.45) is -0.529. The molecule has 2 amide bonds. The fourth-order valence-corrected chi connectivity index (χ4v) is 2.37. The van der Waals surface area contributed by atoms with Gasteiger partial charge in [-0.05, 0) is 19.4 Å². The van der Waals surface area contributed by atoms with Crippen LogP contribution in [0.2, 0.25) is 0 Å². The smallest absolute Gasteiger partial charge is 0.240 e. The Morgan fingerprint density at radius 1 is 1.33 bits per heavy atom. The molecule has 1 aliphatic heterocycles. The third-order valence-electron chi connectivity index (χ3n) is 3.38. The van der Waals surface area contributed by atoms with Gasteiger partial charge in [-0.3, -0.25) is 14.5 Å². The number of rotatable bonds is 3. The molecule has 96 valence electrons. The number of carbonyl (C=O) groups excluding carboxylic acids is 2. The van der Waals surface area contributed by atoms with E-state index in [9.17, 15) is 14.7 Å². The van der Waals surface area contributed by atoms with Gasteiger partial charge < -0.3 is 5.11 Å². The second kappa shape index (κ2) is 4.53. The second-order valence-electron chi connectivity index (χ2n) is 5.03. The number of hydrogen-bond donors (Lipinski definition) is 1. The largest absolute Gasteiger partial charge is 0.392 e. The molecule has 1 fully saturated rings. The Hall–Kier alpha value is -1.68. The molecule has 2 unspecified atom stereocenters. The highest BCUT2D eigenvalue weighted by atomic mass is 16.3. The lowest BCUT2D eigenvalue weighted by molar-refractivity contribution is -0.141. The first kappa shape index (κ1) is 12.8. The molecule has 18 heavy (non-hydrogen) atoms. The summed E-state index contributed by atoms with van der Waals surface area (Å²) >= 11 is 0. The first-order valence-electron chi connectivity index (χ1n) is 6.03. The van der Waals surface area contributed by atoms with Crippen LogP contribution in [0.3, 0.4) is 0 Å². The highest BCUT2D eigenvalue weighted by Gasteiger charge is 2.49. The summed E-state index contributed by atoms with van der Waals surface area (Å²) in [4.78, 5) is 25.4. The first-order valence-corrected chi connectivity index (χ1v) is 6.03. The van der Waals surface area contributed by atoms with E-state index in [4.69, 9.17) is 0 Å². The number of aliphatic hydroxyl groups excluding tert-OH is 1. The van der Waals surface area contributed by atoms with Crippen LogP contribution < -0.4 is 0 Å². The van der Waals surface area contributed by atoms with Crippen molar-refractivity contribution in [1.82, 2.24) is 4.90 Å². The van der Waals surface area contributed by atoms with Crippen molar-refractivity contribution >= 4 is 11.8 Å². The maximum atomic E-state index is 12.4. The molecule has 1 heterocycles. The third-order valence-corrected chi connectivity index (χ3v) is 3.38. The van der Waals surface area contributed by atoms with E-state index < -0.39 is 11.5 Å². The van der Waals surface area contributed by atoms with Crippen molar-refractivity contribution in [2.75, 3.05) is 6.54 Å². The number of imide groups is 1. The van der Waals surface area contributed by atoms with E-state index in [1.807, 2.05) is 30.3 Å². The predicted molar refractivity (Wildman–Crippen MR) is 66.8 cm³/mol. The first-order chi connectivity index (χ1) is 8.45. The van der Waals surface area contributed by atoms with Crippen LogP contribution in [0.15, 0.2) is 30.3 Å². The van der Waals surface area contributed by atoms with Crippen molar-refractivity contribution < 1.29 is 14.7 Å². The molecule has 0 spiro atoms. The molecule has 1 aliphatic rings. The average molecular weight is 247 g/mol. The Kier molecular flexibility index (Phi) is 3.22. The zero-order chi connectivity index (χ0) is 13.3. The van der Waals surface area contributed by atoms with E-state index in [1.165, 1.54) is 0 Å². The second-order valence-corrected chi connectivity index (χ2v) is 5.03. The molecular formula is C14H17NO3. The third kappa shape index (κ3) is 2.04. The molecule has 0 radical (unpaired) electrons. The normalized spacial score (nSPS) is 25.6. The van der Waals surface area contributed by atoms with Crippen LogP contribution in [0.1, 0.15) is 25.8 Å². The van der Waals surface area contributed by atoms with Crippen LogP contribution in [0.25, 0.3) is 0 Å². The number of β-amino-alcohol motifs (C(OH)–C–C–N with tert-alkyl or cyclic N) is 1. The zero-order valence-electron chi connectivity index (χ0n) is 10.6. The maximum absolute atomic E-state index is 12.4. The van der Waals surface area contributed by atoms with E-state index in [-0.39, 0.29) is 24.8 Å². The number of benzene rings is 1. The maximum Gasteiger partial charge on any atom is 0.240 e. The minimum atomic E-state index is -0.798. The Morgan fingerprint density at radius 2 is 1.94 bits per heavy atom. The summed E-state index contributed by atoms with van der Waals surface area (Å²) < 4.78 is 0. The predicted octanol–water partition coefficient (Wildman–Crippen LogP) is 1.08.